The average molecular weight is 251 g/mol. The van der Waals surface area contributed by atoms with Gasteiger partial charge in [-0.25, -0.2) is 9.78 Å². The summed E-state index contributed by atoms with van der Waals surface area (Å²) < 4.78 is 4.46. The number of nitriles is 1. The number of pyridine rings is 1. The first-order valence-electron chi connectivity index (χ1n) is 4.75. The van der Waals surface area contributed by atoms with Gasteiger partial charge in [-0.15, -0.1) is 0 Å². The molecule has 0 saturated heterocycles. The van der Waals surface area contributed by atoms with E-state index in [1.54, 1.807) is 6.07 Å². The van der Waals surface area contributed by atoms with Crippen LogP contribution in [0.3, 0.4) is 0 Å². The van der Waals surface area contributed by atoms with Crippen LogP contribution in [0.4, 0.5) is 16.3 Å². The third-order valence-corrected chi connectivity index (χ3v) is 1.84. The third-order valence-electron chi connectivity index (χ3n) is 1.84. The number of primary amides is 1. The number of amides is 1. The monoisotopic (exact) mass is 251 g/mol. The molecule has 0 saturated carbocycles. The van der Waals surface area contributed by atoms with E-state index in [-0.39, 0.29) is 30.2 Å². The van der Waals surface area contributed by atoms with E-state index in [1.165, 1.54) is 0 Å². The largest absolute Gasteiger partial charge is 0.448 e. The maximum atomic E-state index is 10.5. The van der Waals surface area contributed by atoms with E-state index in [0.717, 1.165) is 12.3 Å². The molecule has 0 aliphatic carbocycles. The van der Waals surface area contributed by atoms with Gasteiger partial charge >= 0.3 is 6.09 Å². The number of aromatic nitrogens is 1. The van der Waals surface area contributed by atoms with Crippen molar-refractivity contribution in [2.45, 2.75) is 0 Å². The van der Waals surface area contributed by atoms with E-state index < -0.39 is 11.0 Å². The van der Waals surface area contributed by atoms with Gasteiger partial charge in [-0.3, -0.25) is 10.1 Å². The van der Waals surface area contributed by atoms with Crippen LogP contribution in [0.15, 0.2) is 12.3 Å². The molecule has 0 radical (unpaired) electrons. The minimum Gasteiger partial charge on any atom is -0.448 e. The van der Waals surface area contributed by atoms with Gasteiger partial charge in [0.2, 0.25) is 0 Å². The number of anilines is 1. The number of carbonyl (C=O) groups excluding carboxylic acids is 1. The molecule has 0 fully saturated rings. The number of nitro groups is 1. The fourth-order valence-corrected chi connectivity index (χ4v) is 1.10. The number of ether oxygens (including phenoxy) is 1. The lowest BCUT2D eigenvalue weighted by Crippen LogP contribution is -2.19. The van der Waals surface area contributed by atoms with Crippen molar-refractivity contribution >= 4 is 17.6 Å². The smallest absolute Gasteiger partial charge is 0.404 e. The Bertz CT molecular complexity index is 510. The Balaban J connectivity index is 2.69. The maximum absolute atomic E-state index is 10.5. The minimum atomic E-state index is -0.908. The Morgan fingerprint density at radius 1 is 1.72 bits per heavy atom. The highest BCUT2D eigenvalue weighted by molar-refractivity contribution is 5.64. The van der Waals surface area contributed by atoms with Gasteiger partial charge in [0.1, 0.15) is 30.3 Å². The number of nitrogens with one attached hydrogen (secondary N) is 1. The molecule has 0 spiro atoms. The van der Waals surface area contributed by atoms with Crippen LogP contribution < -0.4 is 11.1 Å². The number of carbonyl (C=O) groups is 1. The van der Waals surface area contributed by atoms with E-state index in [4.69, 9.17) is 11.0 Å². The summed E-state index contributed by atoms with van der Waals surface area (Å²) in [4.78, 5) is 23.9. The molecule has 18 heavy (non-hydrogen) atoms. The molecule has 1 aromatic heterocycles. The summed E-state index contributed by atoms with van der Waals surface area (Å²) >= 11 is 0. The van der Waals surface area contributed by atoms with E-state index >= 15 is 0 Å². The van der Waals surface area contributed by atoms with Gasteiger partial charge in [0, 0.05) is 6.07 Å². The number of rotatable bonds is 5. The highest BCUT2D eigenvalue weighted by atomic mass is 16.6. The molecule has 0 bridgehead atoms. The molecule has 1 rings (SSSR count). The number of nitrogens with two attached hydrogens (primary N) is 1. The molecule has 0 aromatic carbocycles. The molecule has 94 valence electrons. The van der Waals surface area contributed by atoms with Gasteiger partial charge in [0.15, 0.2) is 0 Å². The van der Waals surface area contributed by atoms with Crippen molar-refractivity contribution in [2.24, 2.45) is 5.73 Å². The first-order valence-corrected chi connectivity index (χ1v) is 4.75. The van der Waals surface area contributed by atoms with Gasteiger partial charge < -0.3 is 15.8 Å². The van der Waals surface area contributed by atoms with Crippen LogP contribution in [0.2, 0.25) is 0 Å². The standard InChI is InChI=1S/C9H9N5O4/c10-4-6-3-7(14(16)17)5-13-8(6)12-1-2-18-9(11)15/h3,5H,1-2H2,(H2,11,15)(H,12,13). The summed E-state index contributed by atoms with van der Waals surface area (Å²) in [6.07, 6.45) is 0.118. The van der Waals surface area contributed by atoms with Crippen molar-refractivity contribution < 1.29 is 14.5 Å². The highest BCUT2D eigenvalue weighted by Crippen LogP contribution is 2.17. The van der Waals surface area contributed by atoms with Gasteiger partial charge in [-0.05, 0) is 0 Å². The van der Waals surface area contributed by atoms with Crippen LogP contribution in [-0.4, -0.2) is 29.2 Å². The number of nitrogens with zero attached hydrogens (tertiary/aromatic N) is 3. The molecule has 3 N–H and O–H groups in total. The van der Waals surface area contributed by atoms with Gasteiger partial charge in [-0.1, -0.05) is 0 Å². The molecule has 9 nitrogen and oxygen atoms in total. The quantitative estimate of drug-likeness (QED) is 0.436. The number of hydrogen-bond donors (Lipinski definition) is 2. The molecule has 1 aromatic rings. The zero-order valence-corrected chi connectivity index (χ0v) is 9.12. The molecule has 9 heteroatoms. The van der Waals surface area contributed by atoms with Crippen molar-refractivity contribution in [3.8, 4) is 6.07 Å². The summed E-state index contributed by atoms with van der Waals surface area (Å²) in [6.45, 7) is 0.182. The zero-order chi connectivity index (χ0) is 13.5. The van der Waals surface area contributed by atoms with E-state index in [2.05, 4.69) is 15.0 Å². The normalized spacial score (nSPS) is 9.28. The maximum Gasteiger partial charge on any atom is 0.404 e. The fourth-order valence-electron chi connectivity index (χ4n) is 1.10. The molecule has 0 aliphatic rings. The van der Waals surface area contributed by atoms with Gasteiger partial charge in [-0.2, -0.15) is 5.26 Å². The van der Waals surface area contributed by atoms with Crippen molar-refractivity contribution in [2.75, 3.05) is 18.5 Å². The minimum absolute atomic E-state index is 0.00112. The van der Waals surface area contributed by atoms with Crippen LogP contribution in [0.5, 0.6) is 0 Å². The Morgan fingerprint density at radius 3 is 3.00 bits per heavy atom. The van der Waals surface area contributed by atoms with Gasteiger partial charge in [0.05, 0.1) is 11.5 Å². The second kappa shape index (κ2) is 6.00. The fraction of sp³-hybridized carbons (Fsp3) is 0.222. The Kier molecular flexibility index (Phi) is 4.39. The summed E-state index contributed by atoms with van der Waals surface area (Å²) in [5.74, 6) is 0.177. The molecule has 0 atom stereocenters. The van der Waals surface area contributed by atoms with Crippen molar-refractivity contribution in [3.05, 3.63) is 27.9 Å². The molecule has 1 heterocycles. The predicted molar refractivity (Wildman–Crippen MR) is 59.6 cm³/mol. The average Bonchev–Trinajstić information content (AvgIpc) is 2.34. The molecular weight excluding hydrogens is 242 g/mol. The van der Waals surface area contributed by atoms with Crippen LogP contribution in [0.1, 0.15) is 5.56 Å². The zero-order valence-electron chi connectivity index (χ0n) is 9.12. The first kappa shape index (κ1) is 13.2. The lowest BCUT2D eigenvalue weighted by molar-refractivity contribution is -0.385. The van der Waals surface area contributed by atoms with Crippen molar-refractivity contribution in [1.29, 1.82) is 5.26 Å². The second-order valence-corrected chi connectivity index (χ2v) is 3.05. The molecule has 0 aliphatic heterocycles. The Morgan fingerprint density at radius 2 is 2.44 bits per heavy atom. The molecule has 1 amide bonds. The van der Waals surface area contributed by atoms with Crippen molar-refractivity contribution in [3.63, 3.8) is 0 Å². The first-order chi connectivity index (χ1) is 8.54. The van der Waals surface area contributed by atoms with Crippen LogP contribution >= 0.6 is 0 Å². The van der Waals surface area contributed by atoms with E-state index in [0.29, 0.717) is 0 Å². The summed E-state index contributed by atoms with van der Waals surface area (Å²) in [5, 5.41) is 22.0. The highest BCUT2D eigenvalue weighted by Gasteiger charge is 2.11. The van der Waals surface area contributed by atoms with Gasteiger partial charge in [0.25, 0.3) is 5.69 Å². The van der Waals surface area contributed by atoms with E-state index in [1.807, 2.05) is 0 Å². The van der Waals surface area contributed by atoms with Crippen LogP contribution in [-0.2, 0) is 4.74 Å². The summed E-state index contributed by atoms with van der Waals surface area (Å²) in [7, 11) is 0. The van der Waals surface area contributed by atoms with E-state index in [9.17, 15) is 14.9 Å². The topological polar surface area (TPSA) is 144 Å². The predicted octanol–water partition coefficient (Wildman–Crippen LogP) is 0.369. The summed E-state index contributed by atoms with van der Waals surface area (Å²) in [5.41, 5.74) is 4.51. The third kappa shape index (κ3) is 3.60. The Labute approximate surface area is 101 Å². The molecule has 0 unspecified atom stereocenters. The SMILES string of the molecule is N#Cc1cc([N+](=O)[O-])cnc1NCCOC(N)=O. The second-order valence-electron chi connectivity index (χ2n) is 3.05. The lowest BCUT2D eigenvalue weighted by Gasteiger charge is -2.06. The van der Waals surface area contributed by atoms with Crippen LogP contribution in [0, 0.1) is 21.4 Å². The van der Waals surface area contributed by atoms with Crippen molar-refractivity contribution in [1.82, 2.24) is 4.98 Å². The number of hydrogen-bond acceptors (Lipinski definition) is 7. The van der Waals surface area contributed by atoms with Crippen LogP contribution in [0.25, 0.3) is 0 Å². The lowest BCUT2D eigenvalue weighted by atomic mass is 10.2. The molecular formula is C9H9N5O4. The summed E-state index contributed by atoms with van der Waals surface area (Å²) in [6, 6.07) is 2.88. The Hall–Kier alpha value is -2.89.